The largest absolute Gasteiger partial charge is 0.353 e. The van der Waals surface area contributed by atoms with Crippen LogP contribution in [-0.4, -0.2) is 51.9 Å². The zero-order chi connectivity index (χ0) is 19.3. The van der Waals surface area contributed by atoms with Crippen molar-refractivity contribution >= 4 is 23.4 Å². The molecular weight excluding hydrogens is 352 g/mol. The lowest BCUT2D eigenvalue weighted by Gasteiger charge is -2.35. The van der Waals surface area contributed by atoms with Crippen LogP contribution in [0, 0.1) is 6.92 Å². The molecule has 1 aliphatic heterocycles. The maximum absolute atomic E-state index is 12.7. The molecule has 142 valence electrons. The summed E-state index contributed by atoms with van der Waals surface area (Å²) in [4.78, 5) is 29.7. The van der Waals surface area contributed by atoms with E-state index in [4.69, 9.17) is 0 Å². The number of nitrogens with zero attached hydrogens (tertiary/aromatic N) is 5. The van der Waals surface area contributed by atoms with Crippen LogP contribution in [0.4, 0.5) is 17.5 Å². The van der Waals surface area contributed by atoms with E-state index in [0.717, 1.165) is 24.6 Å². The van der Waals surface area contributed by atoms with E-state index >= 15 is 0 Å². The van der Waals surface area contributed by atoms with E-state index < -0.39 is 0 Å². The molecule has 3 aromatic rings. The van der Waals surface area contributed by atoms with Crippen LogP contribution in [0.2, 0.25) is 0 Å². The van der Waals surface area contributed by atoms with Gasteiger partial charge in [0.1, 0.15) is 5.82 Å². The number of hydrogen-bond donors (Lipinski definition) is 1. The summed E-state index contributed by atoms with van der Waals surface area (Å²) in [6.07, 6.45) is 4.95. The van der Waals surface area contributed by atoms with Gasteiger partial charge in [-0.25, -0.2) is 15.0 Å². The smallest absolute Gasteiger partial charge is 0.257 e. The van der Waals surface area contributed by atoms with Crippen LogP contribution in [0.3, 0.4) is 0 Å². The van der Waals surface area contributed by atoms with E-state index in [-0.39, 0.29) is 5.91 Å². The molecule has 28 heavy (non-hydrogen) atoms. The van der Waals surface area contributed by atoms with Gasteiger partial charge in [-0.2, -0.15) is 0 Å². The van der Waals surface area contributed by atoms with E-state index in [1.807, 2.05) is 54.3 Å². The van der Waals surface area contributed by atoms with Gasteiger partial charge >= 0.3 is 0 Å². The number of aromatic nitrogens is 3. The number of rotatable bonds is 4. The summed E-state index contributed by atoms with van der Waals surface area (Å²) in [5, 5.41) is 3.14. The molecule has 0 saturated carbocycles. The van der Waals surface area contributed by atoms with Gasteiger partial charge in [0.25, 0.3) is 5.91 Å². The topological polar surface area (TPSA) is 74.2 Å². The minimum absolute atomic E-state index is 0.0393. The number of nitrogens with one attached hydrogen (secondary N) is 1. The molecule has 2 aromatic heterocycles. The standard InChI is InChI=1S/C21H22N6O/c1-16-5-7-18(8-6-16)25-21-23-14-17(15-24-21)20(28)27-12-10-26(11-13-27)19-4-2-3-9-22-19/h2-9,14-15H,10-13H2,1H3,(H,23,24,25). The molecule has 4 rings (SSSR count). The monoisotopic (exact) mass is 374 g/mol. The molecule has 0 aliphatic carbocycles. The summed E-state index contributed by atoms with van der Waals surface area (Å²) >= 11 is 0. The molecule has 1 fully saturated rings. The molecule has 1 saturated heterocycles. The third kappa shape index (κ3) is 4.09. The van der Waals surface area contributed by atoms with Gasteiger partial charge in [0.2, 0.25) is 5.95 Å². The Balaban J connectivity index is 1.35. The molecular formula is C21H22N6O. The van der Waals surface area contributed by atoms with Crippen LogP contribution in [0.5, 0.6) is 0 Å². The second-order valence-corrected chi connectivity index (χ2v) is 6.75. The minimum Gasteiger partial charge on any atom is -0.353 e. The number of carbonyl (C=O) groups excluding carboxylic acids is 1. The highest BCUT2D eigenvalue weighted by atomic mass is 16.2. The maximum Gasteiger partial charge on any atom is 0.257 e. The van der Waals surface area contributed by atoms with Gasteiger partial charge in [-0.3, -0.25) is 4.79 Å². The van der Waals surface area contributed by atoms with E-state index in [1.165, 1.54) is 5.56 Å². The summed E-state index contributed by atoms with van der Waals surface area (Å²) in [6, 6.07) is 13.8. The predicted molar refractivity (Wildman–Crippen MR) is 109 cm³/mol. The lowest BCUT2D eigenvalue weighted by atomic mass is 10.2. The molecule has 1 aliphatic rings. The molecule has 7 heteroatoms. The Morgan fingerprint density at radius 1 is 0.929 bits per heavy atom. The van der Waals surface area contributed by atoms with Crippen LogP contribution in [0.25, 0.3) is 0 Å². The number of amides is 1. The highest BCUT2D eigenvalue weighted by molar-refractivity contribution is 5.93. The first-order valence-electron chi connectivity index (χ1n) is 9.30. The summed E-state index contributed by atoms with van der Waals surface area (Å²) in [5.74, 6) is 1.38. The molecule has 7 nitrogen and oxygen atoms in total. The van der Waals surface area contributed by atoms with E-state index in [2.05, 4.69) is 25.2 Å². The van der Waals surface area contributed by atoms with Gasteiger partial charge in [0.05, 0.1) is 5.56 Å². The molecule has 0 bridgehead atoms. The van der Waals surface area contributed by atoms with Crippen molar-refractivity contribution in [1.29, 1.82) is 0 Å². The van der Waals surface area contributed by atoms with Gasteiger partial charge in [0, 0.05) is 50.5 Å². The highest BCUT2D eigenvalue weighted by Gasteiger charge is 2.23. The van der Waals surface area contributed by atoms with Gasteiger partial charge < -0.3 is 15.1 Å². The van der Waals surface area contributed by atoms with Crippen LogP contribution in [0.1, 0.15) is 15.9 Å². The first kappa shape index (κ1) is 17.9. The second-order valence-electron chi connectivity index (χ2n) is 6.75. The van der Waals surface area contributed by atoms with Crippen LogP contribution < -0.4 is 10.2 Å². The van der Waals surface area contributed by atoms with Crippen molar-refractivity contribution in [1.82, 2.24) is 19.9 Å². The first-order valence-corrected chi connectivity index (χ1v) is 9.30. The summed E-state index contributed by atoms with van der Waals surface area (Å²) in [7, 11) is 0. The zero-order valence-electron chi connectivity index (χ0n) is 15.7. The average molecular weight is 374 g/mol. The number of pyridine rings is 1. The van der Waals surface area contributed by atoms with Crippen LogP contribution in [-0.2, 0) is 0 Å². The summed E-state index contributed by atoms with van der Waals surface area (Å²) in [6.45, 7) is 4.86. The van der Waals surface area contributed by atoms with Crippen molar-refractivity contribution in [3.63, 3.8) is 0 Å². The first-order chi connectivity index (χ1) is 13.7. The van der Waals surface area contributed by atoms with Gasteiger partial charge in [-0.15, -0.1) is 0 Å². The number of anilines is 3. The van der Waals surface area contributed by atoms with Gasteiger partial charge in [0.15, 0.2) is 0 Å². The third-order valence-electron chi connectivity index (χ3n) is 4.75. The molecule has 0 atom stereocenters. The number of benzene rings is 1. The third-order valence-corrected chi connectivity index (χ3v) is 4.75. The van der Waals surface area contributed by atoms with Crippen molar-refractivity contribution in [3.05, 3.63) is 72.2 Å². The molecule has 1 aromatic carbocycles. The predicted octanol–water partition coefficient (Wildman–Crippen LogP) is 2.89. The second kappa shape index (κ2) is 8.04. The lowest BCUT2D eigenvalue weighted by molar-refractivity contribution is 0.0745. The Labute approximate surface area is 164 Å². The number of piperazine rings is 1. The molecule has 3 heterocycles. The number of hydrogen-bond acceptors (Lipinski definition) is 6. The summed E-state index contributed by atoms with van der Waals surface area (Å²) in [5.41, 5.74) is 2.60. The normalized spacial score (nSPS) is 14.0. The summed E-state index contributed by atoms with van der Waals surface area (Å²) < 4.78 is 0. The van der Waals surface area contributed by atoms with E-state index in [0.29, 0.717) is 24.6 Å². The fourth-order valence-corrected chi connectivity index (χ4v) is 3.13. The highest BCUT2D eigenvalue weighted by Crippen LogP contribution is 2.16. The van der Waals surface area contributed by atoms with Gasteiger partial charge in [-0.1, -0.05) is 23.8 Å². The van der Waals surface area contributed by atoms with Crippen molar-refractivity contribution < 1.29 is 4.79 Å². The van der Waals surface area contributed by atoms with Crippen LogP contribution in [0.15, 0.2) is 61.1 Å². The zero-order valence-corrected chi connectivity index (χ0v) is 15.7. The SMILES string of the molecule is Cc1ccc(Nc2ncc(C(=O)N3CCN(c4ccccn4)CC3)cn2)cc1. The van der Waals surface area contributed by atoms with E-state index in [9.17, 15) is 4.79 Å². The average Bonchev–Trinajstić information content (AvgIpc) is 2.76. The van der Waals surface area contributed by atoms with E-state index in [1.54, 1.807) is 18.6 Å². The quantitative estimate of drug-likeness (QED) is 0.757. The van der Waals surface area contributed by atoms with Gasteiger partial charge in [-0.05, 0) is 31.2 Å². The minimum atomic E-state index is -0.0393. The maximum atomic E-state index is 12.7. The van der Waals surface area contributed by atoms with Crippen molar-refractivity contribution in [2.75, 3.05) is 36.4 Å². The van der Waals surface area contributed by atoms with Crippen molar-refractivity contribution in [2.24, 2.45) is 0 Å². The Hall–Kier alpha value is -3.48. The van der Waals surface area contributed by atoms with Crippen molar-refractivity contribution in [2.45, 2.75) is 6.92 Å². The molecule has 1 N–H and O–H groups in total. The molecule has 0 spiro atoms. The fourth-order valence-electron chi connectivity index (χ4n) is 3.13. The Morgan fingerprint density at radius 2 is 1.64 bits per heavy atom. The lowest BCUT2D eigenvalue weighted by Crippen LogP contribution is -2.49. The fraction of sp³-hybridized carbons (Fsp3) is 0.238. The number of aryl methyl sites for hydroxylation is 1. The molecule has 0 radical (unpaired) electrons. The van der Waals surface area contributed by atoms with Crippen LogP contribution >= 0.6 is 0 Å². The number of carbonyl (C=O) groups is 1. The Morgan fingerprint density at radius 3 is 2.29 bits per heavy atom. The molecule has 1 amide bonds. The molecule has 0 unspecified atom stereocenters. The Kier molecular flexibility index (Phi) is 5.14. The van der Waals surface area contributed by atoms with Crippen molar-refractivity contribution in [3.8, 4) is 0 Å². The Bertz CT molecular complexity index is 919.